The van der Waals surface area contributed by atoms with Gasteiger partial charge in [-0.25, -0.2) is 0 Å². The van der Waals surface area contributed by atoms with E-state index in [2.05, 4.69) is 6.58 Å². The van der Waals surface area contributed by atoms with Gasteiger partial charge in [0.15, 0.2) is 0 Å². The Morgan fingerprint density at radius 3 is 2.25 bits per heavy atom. The number of rotatable bonds is 1. The van der Waals surface area contributed by atoms with Gasteiger partial charge in [0.2, 0.25) is 0 Å². The van der Waals surface area contributed by atoms with Crippen molar-refractivity contribution < 1.29 is 0 Å². The minimum atomic E-state index is 1.75. The fourth-order valence-corrected chi connectivity index (χ4v) is 0. The monoisotopic (exact) mass is 55.1 g/mol. The lowest BCUT2D eigenvalue weighted by molar-refractivity contribution is 1.57. The van der Waals surface area contributed by atoms with Crippen LogP contribution in [0.15, 0.2) is 12.7 Å². The maximum atomic E-state index is 3.42. The van der Waals surface area contributed by atoms with E-state index in [-0.39, 0.29) is 0 Å². The normalized spacial score (nSPS) is 5.25. The van der Waals surface area contributed by atoms with Gasteiger partial charge in [-0.1, -0.05) is 0 Å². The first-order valence-electron chi connectivity index (χ1n) is 1.32. The summed E-state index contributed by atoms with van der Waals surface area (Å²) in [6.07, 6.45) is 3.64. The van der Waals surface area contributed by atoms with Crippen LogP contribution in [0, 0.1) is 6.42 Å². The zero-order valence-electron chi connectivity index (χ0n) is 2.86. The van der Waals surface area contributed by atoms with Crippen LogP contribution in [0.5, 0.6) is 0 Å². The smallest absolute Gasteiger partial charge is 0.0211 e. The van der Waals surface area contributed by atoms with Gasteiger partial charge in [-0.2, -0.15) is 0 Å². The molecule has 4 heavy (non-hydrogen) atoms. The molecule has 0 aromatic heterocycles. The van der Waals surface area contributed by atoms with Crippen LogP contribution < -0.4 is 0 Å². The molecule has 0 aromatic rings. The molecule has 0 heterocycles. The Bertz CT molecular complexity index is 14.0. The van der Waals surface area contributed by atoms with E-state index in [4.69, 9.17) is 0 Å². The molecule has 0 radical (unpaired) electrons. The third-order valence-electron chi connectivity index (χ3n) is 0.236. The molecule has 0 aromatic carbocycles. The highest BCUT2D eigenvalue weighted by Crippen LogP contribution is 1.63. The Kier molecular flexibility index (Phi) is 2.36. The Morgan fingerprint density at radius 1 is 2.00 bits per heavy atom. The largest absolute Gasteiger partial charge is 0.0861 e. The summed E-state index contributed by atoms with van der Waals surface area (Å²) in [5, 5.41) is 0. The van der Waals surface area contributed by atoms with Crippen molar-refractivity contribution >= 4 is 0 Å². The minimum Gasteiger partial charge on any atom is 0.0211 e. The maximum Gasteiger partial charge on any atom is 0.0861 e. The third-order valence-corrected chi connectivity index (χ3v) is 0.236. The molecule has 0 N–H and O–H groups in total. The van der Waals surface area contributed by atoms with Crippen LogP contribution in [-0.4, -0.2) is 0 Å². The lowest BCUT2D eigenvalue weighted by Crippen LogP contribution is -1.39. The summed E-state index contributed by atoms with van der Waals surface area (Å²) in [5.74, 6) is 0. The molecule has 0 aliphatic heterocycles. The molecule has 0 rings (SSSR count). The van der Waals surface area contributed by atoms with E-state index < -0.39 is 0 Å². The molecule has 0 spiro atoms. The topological polar surface area (TPSA) is 0 Å². The average molecular weight is 55.1 g/mol. The molecule has 0 saturated heterocycles. The zero-order valence-corrected chi connectivity index (χ0v) is 2.86. The van der Waals surface area contributed by atoms with Crippen LogP contribution in [0.3, 0.4) is 0 Å². The second-order valence-electron chi connectivity index (χ2n) is 0.569. The van der Waals surface area contributed by atoms with Crippen molar-refractivity contribution in [2.45, 2.75) is 6.92 Å². The standard InChI is InChI=1S/C4H7/c1-3-4-2/h3-4H,1H2,2H3/q+1. The highest BCUT2D eigenvalue weighted by molar-refractivity contribution is 4.80. The predicted octanol–water partition coefficient (Wildman–Crippen LogP) is 1.40. The Morgan fingerprint density at radius 2 is 2.25 bits per heavy atom. The van der Waals surface area contributed by atoms with Crippen molar-refractivity contribution in [3.63, 3.8) is 0 Å². The molecule has 0 aliphatic carbocycles. The van der Waals surface area contributed by atoms with Crippen LogP contribution in [0.2, 0.25) is 0 Å². The zero-order chi connectivity index (χ0) is 3.41. The molecular weight excluding hydrogens is 48.0 g/mol. The van der Waals surface area contributed by atoms with Gasteiger partial charge >= 0.3 is 0 Å². The van der Waals surface area contributed by atoms with Gasteiger partial charge < -0.3 is 0 Å². The third kappa shape index (κ3) is 1.61. The number of hydrogen-bond donors (Lipinski definition) is 0. The van der Waals surface area contributed by atoms with E-state index in [0.717, 1.165) is 0 Å². The summed E-state index contributed by atoms with van der Waals surface area (Å²) in [7, 11) is 0. The van der Waals surface area contributed by atoms with E-state index >= 15 is 0 Å². The molecule has 22 valence electrons. The summed E-state index contributed by atoms with van der Waals surface area (Å²) in [4.78, 5) is 0. The second kappa shape index (κ2) is 2.61. The van der Waals surface area contributed by atoms with Crippen LogP contribution in [0.1, 0.15) is 6.92 Å². The van der Waals surface area contributed by atoms with Crippen molar-refractivity contribution in [1.82, 2.24) is 0 Å². The molecule has 0 unspecified atom stereocenters. The molecule has 0 nitrogen and oxygen atoms in total. The summed E-state index contributed by atoms with van der Waals surface area (Å²) in [6.45, 7) is 5.36. The average Bonchev–Trinajstić information content (AvgIpc) is 1.37. The van der Waals surface area contributed by atoms with Crippen molar-refractivity contribution in [2.24, 2.45) is 0 Å². The minimum absolute atomic E-state index is 1.75. The van der Waals surface area contributed by atoms with E-state index in [9.17, 15) is 0 Å². The van der Waals surface area contributed by atoms with E-state index in [1.54, 1.807) is 6.08 Å². The summed E-state index contributed by atoms with van der Waals surface area (Å²) < 4.78 is 0. The van der Waals surface area contributed by atoms with Crippen molar-refractivity contribution in [3.05, 3.63) is 19.1 Å². The maximum absolute atomic E-state index is 3.42. The Hall–Kier alpha value is -0.390. The lowest BCUT2D eigenvalue weighted by atomic mass is 10.5. The highest BCUT2D eigenvalue weighted by atomic mass is 13.5. The molecule has 0 heteroatoms. The van der Waals surface area contributed by atoms with Crippen molar-refractivity contribution in [3.8, 4) is 0 Å². The molecule has 0 bridgehead atoms. The molecule has 0 atom stereocenters. The first-order valence-corrected chi connectivity index (χ1v) is 1.32. The Balaban J connectivity index is 2.30. The van der Waals surface area contributed by atoms with Crippen LogP contribution >= 0.6 is 0 Å². The fourth-order valence-electron chi connectivity index (χ4n) is 0. The number of hydrogen-bond acceptors (Lipinski definition) is 0. The van der Waals surface area contributed by atoms with Gasteiger partial charge in [-0.05, 0) is 0 Å². The molecular formula is C4H7+. The fraction of sp³-hybridized carbons (Fsp3) is 0.250. The van der Waals surface area contributed by atoms with Gasteiger partial charge in [-0.15, -0.1) is 0 Å². The molecule has 0 fully saturated rings. The second-order valence-corrected chi connectivity index (χ2v) is 0.569. The van der Waals surface area contributed by atoms with Gasteiger partial charge in [0.1, 0.15) is 0 Å². The first-order chi connectivity index (χ1) is 1.91. The summed E-state index contributed by atoms with van der Waals surface area (Å²) in [6, 6.07) is 0. The molecule has 0 amide bonds. The summed E-state index contributed by atoms with van der Waals surface area (Å²) in [5.41, 5.74) is 0. The Labute approximate surface area is 27.1 Å². The van der Waals surface area contributed by atoms with Crippen molar-refractivity contribution in [1.29, 1.82) is 0 Å². The van der Waals surface area contributed by atoms with Crippen molar-refractivity contribution in [2.75, 3.05) is 0 Å². The highest BCUT2D eigenvalue weighted by Gasteiger charge is 1.56. The van der Waals surface area contributed by atoms with E-state index in [1.807, 2.05) is 13.3 Å². The van der Waals surface area contributed by atoms with Crippen LogP contribution in [0.25, 0.3) is 0 Å². The van der Waals surface area contributed by atoms with Gasteiger partial charge in [-0.3, -0.25) is 0 Å². The quantitative estimate of drug-likeness (QED) is 0.397. The molecule has 0 saturated carbocycles. The van der Waals surface area contributed by atoms with Crippen LogP contribution in [-0.2, 0) is 0 Å². The molecule has 0 aliphatic rings. The SMILES string of the molecule is C=C[CH+]C. The van der Waals surface area contributed by atoms with Crippen LogP contribution in [0.4, 0.5) is 0 Å². The lowest BCUT2D eigenvalue weighted by Gasteiger charge is -1.46. The van der Waals surface area contributed by atoms with Gasteiger partial charge in [0, 0.05) is 19.9 Å². The predicted molar refractivity (Wildman–Crippen MR) is 20.2 cm³/mol. The van der Waals surface area contributed by atoms with Gasteiger partial charge in [0.05, 0.1) is 6.08 Å². The number of allylic oxidation sites excluding steroid dienone is 1. The summed E-state index contributed by atoms with van der Waals surface area (Å²) >= 11 is 0. The van der Waals surface area contributed by atoms with E-state index in [1.165, 1.54) is 0 Å². The van der Waals surface area contributed by atoms with Gasteiger partial charge in [0.25, 0.3) is 0 Å². The first kappa shape index (κ1) is 3.61. The van der Waals surface area contributed by atoms with E-state index in [0.29, 0.717) is 0 Å².